The van der Waals surface area contributed by atoms with Crippen LogP contribution in [0.25, 0.3) is 99.5 Å². The highest BCUT2D eigenvalue weighted by Gasteiger charge is 2.23. The van der Waals surface area contributed by atoms with Gasteiger partial charge in [-0.1, -0.05) is 127 Å². The van der Waals surface area contributed by atoms with Crippen LogP contribution in [-0.4, -0.2) is 9.13 Å². The summed E-state index contributed by atoms with van der Waals surface area (Å²) in [5.74, 6) is 0. The normalized spacial score (nSPS) is 12.7. The van der Waals surface area contributed by atoms with Crippen LogP contribution in [0.4, 0.5) is 0 Å². The molecule has 13 rings (SSSR count). The minimum absolute atomic E-state index is 0.946. The molecule has 58 heavy (non-hydrogen) atoms. The van der Waals surface area contributed by atoms with Gasteiger partial charge in [0.05, 0.1) is 22.1 Å². The zero-order valence-corrected chi connectivity index (χ0v) is 31.8. The Bertz CT molecular complexity index is 3410. The minimum Gasteiger partial charge on any atom is -0.309 e. The van der Waals surface area contributed by atoms with Crippen molar-refractivity contribution < 1.29 is 0 Å². The fourth-order valence-electron chi connectivity index (χ4n) is 10.3. The second-order valence-corrected chi connectivity index (χ2v) is 16.1. The zero-order valence-electron chi connectivity index (χ0n) is 31.8. The molecule has 0 spiro atoms. The van der Waals surface area contributed by atoms with Crippen LogP contribution in [0.15, 0.2) is 194 Å². The molecule has 2 heterocycles. The summed E-state index contributed by atoms with van der Waals surface area (Å²) in [6.45, 7) is 0. The Morgan fingerprint density at radius 3 is 1.19 bits per heavy atom. The molecule has 11 aromatic rings. The molecule has 0 amide bonds. The van der Waals surface area contributed by atoms with Crippen molar-refractivity contribution in [3.8, 4) is 55.9 Å². The van der Waals surface area contributed by atoms with E-state index < -0.39 is 0 Å². The molecule has 0 N–H and O–H groups in total. The summed E-state index contributed by atoms with van der Waals surface area (Å²) in [4.78, 5) is 0. The number of fused-ring (bicyclic) bond motifs is 12. The summed E-state index contributed by atoms with van der Waals surface area (Å²) in [5, 5.41) is 5.11. The Kier molecular flexibility index (Phi) is 6.59. The van der Waals surface area contributed by atoms with E-state index in [1.165, 1.54) is 122 Å². The summed E-state index contributed by atoms with van der Waals surface area (Å²) < 4.78 is 4.89. The van der Waals surface area contributed by atoms with Gasteiger partial charge in [-0.25, -0.2) is 0 Å². The first-order valence-corrected chi connectivity index (χ1v) is 20.3. The molecule has 0 radical (unpaired) electrons. The monoisotopic (exact) mass is 736 g/mol. The number of para-hydroxylation sites is 4. The van der Waals surface area contributed by atoms with Crippen molar-refractivity contribution in [1.29, 1.82) is 0 Å². The van der Waals surface area contributed by atoms with E-state index in [4.69, 9.17) is 0 Å². The average molecular weight is 737 g/mol. The number of benzene rings is 9. The number of hydrogen-bond acceptors (Lipinski definition) is 0. The van der Waals surface area contributed by atoms with E-state index in [9.17, 15) is 0 Å². The Morgan fingerprint density at radius 1 is 0.259 bits per heavy atom. The fourth-order valence-corrected chi connectivity index (χ4v) is 10.3. The second kappa shape index (κ2) is 12.0. The highest BCUT2D eigenvalue weighted by Crippen LogP contribution is 2.44. The summed E-state index contributed by atoms with van der Waals surface area (Å²) in [7, 11) is 0. The van der Waals surface area contributed by atoms with E-state index in [1.54, 1.807) is 0 Å². The molecule has 2 heteroatoms. The highest BCUT2D eigenvalue weighted by molar-refractivity contribution is 6.10. The maximum absolute atomic E-state index is 2.46. The van der Waals surface area contributed by atoms with Crippen LogP contribution in [0, 0.1) is 0 Å². The lowest BCUT2D eigenvalue weighted by atomic mass is 9.93. The molecule has 2 aliphatic rings. The van der Waals surface area contributed by atoms with Gasteiger partial charge in [0.25, 0.3) is 0 Å². The highest BCUT2D eigenvalue weighted by atomic mass is 15.0. The van der Waals surface area contributed by atoms with E-state index in [0.29, 0.717) is 0 Å². The number of hydrogen-bond donors (Lipinski definition) is 0. The van der Waals surface area contributed by atoms with Gasteiger partial charge in [0.2, 0.25) is 0 Å². The first kappa shape index (κ1) is 31.7. The van der Waals surface area contributed by atoms with Crippen molar-refractivity contribution in [2.75, 3.05) is 0 Å². The summed E-state index contributed by atoms with van der Waals surface area (Å²) >= 11 is 0. The van der Waals surface area contributed by atoms with Crippen LogP contribution in [0.2, 0.25) is 0 Å². The van der Waals surface area contributed by atoms with Gasteiger partial charge in [0.1, 0.15) is 0 Å². The van der Waals surface area contributed by atoms with Crippen LogP contribution < -0.4 is 0 Å². The Labute approximate surface area is 336 Å². The molecule has 2 aromatic heterocycles. The molecule has 0 fully saturated rings. The van der Waals surface area contributed by atoms with Crippen LogP contribution in [-0.2, 0) is 12.8 Å². The molecule has 0 atom stereocenters. The first-order valence-electron chi connectivity index (χ1n) is 20.3. The van der Waals surface area contributed by atoms with Crippen molar-refractivity contribution in [2.45, 2.75) is 12.8 Å². The van der Waals surface area contributed by atoms with E-state index in [0.717, 1.165) is 12.8 Å². The van der Waals surface area contributed by atoms with E-state index >= 15 is 0 Å². The van der Waals surface area contributed by atoms with Crippen LogP contribution in [0.3, 0.4) is 0 Å². The lowest BCUT2D eigenvalue weighted by Gasteiger charge is -2.15. The molecular weight excluding hydrogens is 701 g/mol. The predicted molar refractivity (Wildman–Crippen MR) is 242 cm³/mol. The van der Waals surface area contributed by atoms with Gasteiger partial charge in [0.15, 0.2) is 0 Å². The molecule has 0 saturated heterocycles. The van der Waals surface area contributed by atoms with Crippen molar-refractivity contribution in [3.63, 3.8) is 0 Å². The quantitative estimate of drug-likeness (QED) is 0.170. The molecule has 0 aliphatic heterocycles. The molecular formula is C56H36N2. The van der Waals surface area contributed by atoms with E-state index in [1.807, 2.05) is 0 Å². The van der Waals surface area contributed by atoms with Gasteiger partial charge in [-0.05, 0) is 146 Å². The van der Waals surface area contributed by atoms with Crippen molar-refractivity contribution >= 4 is 43.6 Å². The standard InChI is InChI=1S/C56H36N2/c1-2-12-45-37(11-1)27-38-23-21-35(32-50(38)45)41-29-42(31-44(30-41)58-55-19-9-5-15-48(55)49-16-6-10-20-56(49)58)36-22-24-39-28-40-25-26-43(34-52(40)51(39)33-36)57-53-17-7-3-13-46(53)47-14-4-8-18-54(47)57/h1-26,29-34H,27-28H2. The summed E-state index contributed by atoms with van der Waals surface area (Å²) in [6.07, 6.45) is 1.94. The van der Waals surface area contributed by atoms with E-state index in [2.05, 4.69) is 203 Å². The molecule has 0 unspecified atom stereocenters. The summed E-state index contributed by atoms with van der Waals surface area (Å²) in [5.41, 5.74) is 23.1. The topological polar surface area (TPSA) is 9.86 Å². The molecule has 270 valence electrons. The van der Waals surface area contributed by atoms with Gasteiger partial charge in [-0.2, -0.15) is 0 Å². The molecule has 9 aromatic carbocycles. The SMILES string of the molecule is c1ccc2c(c1)Cc1ccc(-c3cc(-c4ccc5c(c4)-c4cc(-n6c7ccccc7c7ccccc76)ccc4C5)cc(-n4c5ccccc5c5ccccc54)c3)cc1-2. The minimum atomic E-state index is 0.946. The Hall–Kier alpha value is -7.42. The second-order valence-electron chi connectivity index (χ2n) is 16.1. The number of aromatic nitrogens is 2. The predicted octanol–water partition coefficient (Wildman–Crippen LogP) is 14.4. The molecule has 2 aliphatic carbocycles. The maximum Gasteiger partial charge on any atom is 0.0541 e. The lowest BCUT2D eigenvalue weighted by molar-refractivity contribution is 1.17. The zero-order chi connectivity index (χ0) is 37.9. The Morgan fingerprint density at radius 2 is 0.655 bits per heavy atom. The van der Waals surface area contributed by atoms with Crippen molar-refractivity contribution in [2.24, 2.45) is 0 Å². The van der Waals surface area contributed by atoms with Crippen LogP contribution >= 0.6 is 0 Å². The van der Waals surface area contributed by atoms with Gasteiger partial charge in [-0.3, -0.25) is 0 Å². The molecule has 2 nitrogen and oxygen atoms in total. The largest absolute Gasteiger partial charge is 0.309 e. The van der Waals surface area contributed by atoms with Crippen molar-refractivity contribution in [1.82, 2.24) is 9.13 Å². The number of nitrogens with zero attached hydrogens (tertiary/aromatic N) is 2. The van der Waals surface area contributed by atoms with Gasteiger partial charge in [-0.15, -0.1) is 0 Å². The average Bonchev–Trinajstić information content (AvgIpc) is 4.03. The van der Waals surface area contributed by atoms with Gasteiger partial charge >= 0.3 is 0 Å². The fraction of sp³-hybridized carbons (Fsp3) is 0.0357. The molecule has 0 bridgehead atoms. The lowest BCUT2D eigenvalue weighted by Crippen LogP contribution is -1.96. The van der Waals surface area contributed by atoms with Gasteiger partial charge in [0, 0.05) is 32.9 Å². The molecule has 0 saturated carbocycles. The van der Waals surface area contributed by atoms with Crippen molar-refractivity contribution in [3.05, 3.63) is 216 Å². The third-order valence-corrected chi connectivity index (χ3v) is 12.9. The third kappa shape index (κ3) is 4.60. The Balaban J connectivity index is 1.00. The van der Waals surface area contributed by atoms with Gasteiger partial charge < -0.3 is 9.13 Å². The van der Waals surface area contributed by atoms with Crippen LogP contribution in [0.5, 0.6) is 0 Å². The summed E-state index contributed by atoms with van der Waals surface area (Å²) in [6, 6.07) is 72.6. The number of rotatable bonds is 4. The smallest absolute Gasteiger partial charge is 0.0541 e. The first-order chi connectivity index (χ1) is 28.7. The van der Waals surface area contributed by atoms with E-state index in [-0.39, 0.29) is 0 Å². The third-order valence-electron chi connectivity index (χ3n) is 12.9. The van der Waals surface area contributed by atoms with Crippen LogP contribution in [0.1, 0.15) is 22.3 Å². The maximum atomic E-state index is 2.46.